The minimum atomic E-state index is -0.465. The molecule has 1 aliphatic heterocycles. The fourth-order valence-electron chi connectivity index (χ4n) is 3.23. The van der Waals surface area contributed by atoms with Gasteiger partial charge >= 0.3 is 5.97 Å². The lowest BCUT2D eigenvalue weighted by Crippen LogP contribution is -2.19. The first-order valence-corrected chi connectivity index (χ1v) is 10.7. The molecule has 0 spiro atoms. The number of hydrogen-bond acceptors (Lipinski definition) is 8. The number of carbonyl (C=O) groups excluding carboxylic acids is 2. The molecule has 0 radical (unpaired) electrons. The highest BCUT2D eigenvalue weighted by molar-refractivity contribution is 8.14. The van der Waals surface area contributed by atoms with E-state index in [0.29, 0.717) is 18.0 Å². The number of ether oxygens (including phenoxy) is 2. The quantitative estimate of drug-likeness (QED) is 0.422. The minimum absolute atomic E-state index is 0.0849. The molecule has 0 bridgehead atoms. The van der Waals surface area contributed by atoms with Crippen molar-refractivity contribution < 1.29 is 19.1 Å². The molecule has 1 aliphatic rings. The second-order valence-electron chi connectivity index (χ2n) is 7.05. The van der Waals surface area contributed by atoms with Crippen molar-refractivity contribution in [1.29, 1.82) is 0 Å². The van der Waals surface area contributed by atoms with E-state index < -0.39 is 5.97 Å². The Kier molecular flexibility index (Phi) is 6.34. The number of nitrogens with two attached hydrogens (primary N) is 1. The van der Waals surface area contributed by atoms with Crippen LogP contribution < -0.4 is 10.5 Å². The van der Waals surface area contributed by atoms with E-state index in [1.54, 1.807) is 23.0 Å². The summed E-state index contributed by atoms with van der Waals surface area (Å²) in [7, 11) is 0. The average Bonchev–Trinajstić information content (AvgIpc) is 3.42. The third-order valence-corrected chi connectivity index (χ3v) is 5.91. The lowest BCUT2D eigenvalue weighted by atomic mass is 9.96. The minimum Gasteiger partial charge on any atom is -0.488 e. The maximum atomic E-state index is 11.7. The van der Waals surface area contributed by atoms with Crippen LogP contribution in [-0.4, -0.2) is 45.6 Å². The normalized spacial score (nSPS) is 13.7. The van der Waals surface area contributed by atoms with E-state index in [1.807, 2.05) is 18.3 Å². The molecular formula is C22H22N4O4S. The van der Waals surface area contributed by atoms with Gasteiger partial charge in [0.25, 0.3) is 0 Å². The molecule has 2 aromatic heterocycles. The zero-order valence-corrected chi connectivity index (χ0v) is 17.8. The molecule has 1 atom stereocenters. The van der Waals surface area contributed by atoms with Crippen molar-refractivity contribution in [3.63, 3.8) is 0 Å². The molecule has 1 aromatic carbocycles. The molecule has 0 saturated carbocycles. The van der Waals surface area contributed by atoms with Crippen LogP contribution in [0.15, 0.2) is 53.7 Å². The summed E-state index contributed by atoms with van der Waals surface area (Å²) in [4.78, 5) is 28.1. The molecule has 160 valence electrons. The van der Waals surface area contributed by atoms with Crippen LogP contribution in [0.4, 0.5) is 0 Å². The first-order chi connectivity index (χ1) is 15.0. The van der Waals surface area contributed by atoms with Crippen LogP contribution in [0.1, 0.15) is 29.7 Å². The number of nitrogens with zero attached hydrogens (tertiary/aromatic N) is 3. The van der Waals surface area contributed by atoms with Crippen molar-refractivity contribution in [2.75, 3.05) is 19.8 Å². The first-order valence-electron chi connectivity index (χ1n) is 9.87. The van der Waals surface area contributed by atoms with Crippen LogP contribution in [0.25, 0.3) is 5.82 Å². The van der Waals surface area contributed by atoms with Gasteiger partial charge in [0.1, 0.15) is 19.0 Å². The van der Waals surface area contributed by atoms with Gasteiger partial charge in [-0.25, -0.2) is 9.67 Å². The maximum Gasteiger partial charge on any atom is 0.319 e. The third-order valence-electron chi connectivity index (χ3n) is 4.94. The van der Waals surface area contributed by atoms with Crippen molar-refractivity contribution in [2.24, 2.45) is 5.73 Å². The highest BCUT2D eigenvalue weighted by Gasteiger charge is 2.21. The SMILES string of the molecule is C[C@@H](c1ccc2c(c1)SC(=O)C2)c1ccn(-c2ccc(OCCOC(=O)CN)cn2)n1. The first kappa shape index (κ1) is 21.1. The van der Waals surface area contributed by atoms with Gasteiger partial charge in [-0.1, -0.05) is 30.8 Å². The number of aromatic nitrogens is 3. The summed E-state index contributed by atoms with van der Waals surface area (Å²) in [6, 6.07) is 11.7. The molecule has 3 aromatic rings. The summed E-state index contributed by atoms with van der Waals surface area (Å²) >= 11 is 1.31. The van der Waals surface area contributed by atoms with E-state index >= 15 is 0 Å². The van der Waals surface area contributed by atoms with E-state index in [-0.39, 0.29) is 30.8 Å². The smallest absolute Gasteiger partial charge is 0.319 e. The summed E-state index contributed by atoms with van der Waals surface area (Å²) in [6.07, 6.45) is 3.97. The molecule has 2 N–H and O–H groups in total. The molecule has 0 saturated heterocycles. The summed E-state index contributed by atoms with van der Waals surface area (Å²) in [5.74, 6) is 0.851. The molecule has 0 unspecified atom stereocenters. The molecule has 31 heavy (non-hydrogen) atoms. The summed E-state index contributed by atoms with van der Waals surface area (Å²) in [5.41, 5.74) is 8.31. The monoisotopic (exact) mass is 438 g/mol. The third kappa shape index (κ3) is 4.95. The number of esters is 1. The van der Waals surface area contributed by atoms with E-state index in [1.165, 1.54) is 11.8 Å². The standard InChI is InChI=1S/C22H22N4O4S/c1-14(15-2-3-16-11-22(28)31-19(16)10-15)18-6-7-26(25-18)20-5-4-17(13-24-20)29-8-9-30-21(27)12-23/h2-7,10,13-14H,8-9,11-12,23H2,1H3/t14-/m0/s1. The number of carbonyl (C=O) groups is 2. The lowest BCUT2D eigenvalue weighted by molar-refractivity contribution is -0.142. The van der Waals surface area contributed by atoms with E-state index in [4.69, 9.17) is 15.2 Å². The number of rotatable bonds is 8. The van der Waals surface area contributed by atoms with E-state index in [9.17, 15) is 9.59 Å². The average molecular weight is 439 g/mol. The summed E-state index contributed by atoms with van der Waals surface area (Å²) < 4.78 is 12.1. The van der Waals surface area contributed by atoms with Crippen molar-refractivity contribution >= 4 is 22.8 Å². The fraction of sp³-hybridized carbons (Fsp3) is 0.273. The van der Waals surface area contributed by atoms with Crippen molar-refractivity contribution in [3.05, 3.63) is 65.6 Å². The molecule has 0 fully saturated rings. The van der Waals surface area contributed by atoms with Crippen LogP contribution in [0.2, 0.25) is 0 Å². The van der Waals surface area contributed by atoms with Crippen LogP contribution in [0.5, 0.6) is 5.75 Å². The van der Waals surface area contributed by atoms with Gasteiger partial charge in [-0.05, 0) is 35.4 Å². The molecule has 0 amide bonds. The molecule has 8 nitrogen and oxygen atoms in total. The zero-order chi connectivity index (χ0) is 21.8. The van der Waals surface area contributed by atoms with Gasteiger partial charge in [0.2, 0.25) is 0 Å². The number of thioether (sulfide) groups is 1. The Bertz CT molecular complexity index is 1100. The second kappa shape index (κ2) is 9.32. The second-order valence-corrected chi connectivity index (χ2v) is 8.15. The highest BCUT2D eigenvalue weighted by Crippen LogP contribution is 2.35. The Morgan fingerprint density at radius 1 is 1.26 bits per heavy atom. The van der Waals surface area contributed by atoms with Crippen LogP contribution in [-0.2, 0) is 20.7 Å². The topological polar surface area (TPSA) is 109 Å². The molecule has 9 heteroatoms. The molecule has 4 rings (SSSR count). The lowest BCUT2D eigenvalue weighted by Gasteiger charge is -2.11. The molecular weight excluding hydrogens is 416 g/mol. The zero-order valence-electron chi connectivity index (χ0n) is 17.0. The van der Waals surface area contributed by atoms with Crippen LogP contribution >= 0.6 is 11.8 Å². The summed E-state index contributed by atoms with van der Waals surface area (Å²) in [6.45, 7) is 2.30. The Balaban J connectivity index is 1.39. The van der Waals surface area contributed by atoms with Crippen LogP contribution in [0, 0.1) is 0 Å². The highest BCUT2D eigenvalue weighted by atomic mass is 32.2. The molecule has 3 heterocycles. The predicted octanol–water partition coefficient (Wildman–Crippen LogP) is 2.47. The van der Waals surface area contributed by atoms with Gasteiger partial charge in [0.05, 0.1) is 18.4 Å². The van der Waals surface area contributed by atoms with Gasteiger partial charge in [0.15, 0.2) is 10.9 Å². The van der Waals surface area contributed by atoms with E-state index in [0.717, 1.165) is 21.7 Å². The number of hydrogen-bond donors (Lipinski definition) is 1. The molecule has 0 aliphatic carbocycles. The van der Waals surface area contributed by atoms with E-state index in [2.05, 4.69) is 29.1 Å². The summed E-state index contributed by atoms with van der Waals surface area (Å²) in [5, 5.41) is 4.86. The Labute approximate surface area is 183 Å². The van der Waals surface area contributed by atoms with Gasteiger partial charge in [-0.15, -0.1) is 0 Å². The Morgan fingerprint density at radius 2 is 2.13 bits per heavy atom. The van der Waals surface area contributed by atoms with Crippen molar-refractivity contribution in [1.82, 2.24) is 14.8 Å². The number of pyridine rings is 1. The van der Waals surface area contributed by atoms with Gasteiger partial charge in [-0.3, -0.25) is 9.59 Å². The largest absolute Gasteiger partial charge is 0.488 e. The predicted molar refractivity (Wildman–Crippen MR) is 115 cm³/mol. The maximum absolute atomic E-state index is 11.7. The fourth-order valence-corrected chi connectivity index (χ4v) is 4.17. The van der Waals surface area contributed by atoms with Gasteiger partial charge in [-0.2, -0.15) is 5.10 Å². The van der Waals surface area contributed by atoms with Crippen molar-refractivity contribution in [3.8, 4) is 11.6 Å². The van der Waals surface area contributed by atoms with Crippen LogP contribution in [0.3, 0.4) is 0 Å². The number of benzene rings is 1. The van der Waals surface area contributed by atoms with Gasteiger partial charge in [0, 0.05) is 23.4 Å². The Morgan fingerprint density at radius 3 is 2.90 bits per heavy atom. The number of fused-ring (bicyclic) bond motifs is 1. The van der Waals surface area contributed by atoms with Gasteiger partial charge < -0.3 is 15.2 Å². The van der Waals surface area contributed by atoms with Crippen molar-refractivity contribution in [2.45, 2.75) is 24.2 Å². The Hall–Kier alpha value is -3.17.